The summed E-state index contributed by atoms with van der Waals surface area (Å²) in [6.07, 6.45) is 3.16. The zero-order valence-corrected chi connectivity index (χ0v) is 9.25. The highest BCUT2D eigenvalue weighted by atomic mass is 32.2. The molecule has 0 amide bonds. The zero-order chi connectivity index (χ0) is 11.2. The fraction of sp³-hybridized carbons (Fsp3) is 0. The smallest absolute Gasteiger partial charge is 0.142 e. The topological polar surface area (TPSA) is 41.1 Å². The van der Waals surface area contributed by atoms with Gasteiger partial charge in [0.1, 0.15) is 5.94 Å². The van der Waals surface area contributed by atoms with E-state index in [1.807, 2.05) is 41.8 Å². The van der Waals surface area contributed by atoms with Crippen molar-refractivity contribution in [2.24, 2.45) is 0 Å². The summed E-state index contributed by atoms with van der Waals surface area (Å²) in [5.74, 6) is 1.70. The van der Waals surface area contributed by atoms with Crippen LogP contribution in [0.5, 0.6) is 0 Å². The molecule has 1 aromatic rings. The Hall–Kier alpha value is -1.90. The van der Waals surface area contributed by atoms with E-state index in [4.69, 9.17) is 0 Å². The summed E-state index contributed by atoms with van der Waals surface area (Å²) in [6.45, 7) is 0. The average molecular weight is 230 g/mol. The van der Waals surface area contributed by atoms with E-state index in [2.05, 4.69) is 10.0 Å². The first-order chi connectivity index (χ1) is 7.92. The molecule has 1 heterocycles. The standard InChI is InChI=1S/C12H10N2OS/c15-8-7-13-11-6-9-16-14-12(11)10-4-2-1-3-5-10/h1-7,9,13-14H. The summed E-state index contributed by atoms with van der Waals surface area (Å²) in [7, 11) is 0. The molecule has 1 aromatic carbocycles. The summed E-state index contributed by atoms with van der Waals surface area (Å²) >= 11 is 1.49. The maximum Gasteiger partial charge on any atom is 0.142 e. The predicted molar refractivity (Wildman–Crippen MR) is 66.6 cm³/mol. The minimum absolute atomic E-state index is 0.855. The quantitative estimate of drug-likeness (QED) is 0.616. The van der Waals surface area contributed by atoms with E-state index in [0.29, 0.717) is 0 Å². The van der Waals surface area contributed by atoms with Crippen LogP contribution in [0.25, 0.3) is 5.70 Å². The Morgan fingerprint density at radius 2 is 2.12 bits per heavy atom. The number of allylic oxidation sites excluding steroid dienone is 1. The zero-order valence-electron chi connectivity index (χ0n) is 8.44. The summed E-state index contributed by atoms with van der Waals surface area (Å²) in [5, 5.41) is 4.80. The third-order valence-electron chi connectivity index (χ3n) is 2.08. The Balaban J connectivity index is 2.37. The van der Waals surface area contributed by atoms with Crippen LogP contribution in [0.4, 0.5) is 0 Å². The Morgan fingerprint density at radius 1 is 1.31 bits per heavy atom. The van der Waals surface area contributed by atoms with Crippen molar-refractivity contribution >= 4 is 23.6 Å². The Labute approximate surface area is 98.1 Å². The molecule has 0 aromatic heterocycles. The van der Waals surface area contributed by atoms with Crippen LogP contribution in [-0.4, -0.2) is 5.94 Å². The number of nitrogens with one attached hydrogen (secondary N) is 2. The summed E-state index contributed by atoms with van der Waals surface area (Å²) in [5.41, 5.74) is 2.88. The number of benzene rings is 1. The van der Waals surface area contributed by atoms with Gasteiger partial charge in [-0.3, -0.25) is 0 Å². The third kappa shape index (κ3) is 2.37. The first-order valence-corrected chi connectivity index (χ1v) is 5.63. The number of hydrogen-bond donors (Lipinski definition) is 2. The lowest BCUT2D eigenvalue weighted by Gasteiger charge is -2.16. The van der Waals surface area contributed by atoms with E-state index < -0.39 is 0 Å². The second kappa shape index (κ2) is 5.26. The van der Waals surface area contributed by atoms with Crippen molar-refractivity contribution in [2.75, 3.05) is 0 Å². The summed E-state index contributed by atoms with van der Waals surface area (Å²) < 4.78 is 3.19. The van der Waals surface area contributed by atoms with Crippen LogP contribution in [0, 0.1) is 0 Å². The fourth-order valence-corrected chi connectivity index (χ4v) is 2.00. The molecule has 1 aliphatic heterocycles. The maximum absolute atomic E-state index is 10.2. The van der Waals surface area contributed by atoms with E-state index in [-0.39, 0.29) is 0 Å². The average Bonchev–Trinajstić information content (AvgIpc) is 2.38. The van der Waals surface area contributed by atoms with Crippen molar-refractivity contribution in [3.63, 3.8) is 0 Å². The van der Waals surface area contributed by atoms with Crippen LogP contribution in [0.2, 0.25) is 0 Å². The molecule has 0 bridgehead atoms. The summed E-state index contributed by atoms with van der Waals surface area (Å²) in [6, 6.07) is 9.93. The van der Waals surface area contributed by atoms with Crippen LogP contribution in [-0.2, 0) is 4.79 Å². The second-order valence-corrected chi connectivity index (χ2v) is 3.80. The molecule has 0 saturated heterocycles. The minimum Gasteiger partial charge on any atom is -0.351 e. The van der Waals surface area contributed by atoms with Gasteiger partial charge in [-0.15, -0.1) is 0 Å². The lowest BCUT2D eigenvalue weighted by atomic mass is 10.1. The van der Waals surface area contributed by atoms with Crippen molar-refractivity contribution in [2.45, 2.75) is 0 Å². The summed E-state index contributed by atoms with van der Waals surface area (Å²) in [4.78, 5) is 10.2. The van der Waals surface area contributed by atoms with Crippen LogP contribution >= 0.6 is 11.9 Å². The first kappa shape index (κ1) is 10.6. The monoisotopic (exact) mass is 230 g/mol. The van der Waals surface area contributed by atoms with Gasteiger partial charge in [-0.25, -0.2) is 4.79 Å². The predicted octanol–water partition coefficient (Wildman–Crippen LogP) is 2.06. The third-order valence-corrected chi connectivity index (χ3v) is 2.68. The highest BCUT2D eigenvalue weighted by molar-refractivity contribution is 8.00. The molecular formula is C12H10N2OS. The molecule has 3 nitrogen and oxygen atoms in total. The molecule has 0 aliphatic carbocycles. The van der Waals surface area contributed by atoms with Gasteiger partial charge in [0.15, 0.2) is 0 Å². The largest absolute Gasteiger partial charge is 0.351 e. The molecule has 1 aliphatic rings. The van der Waals surface area contributed by atoms with Gasteiger partial charge in [0.2, 0.25) is 0 Å². The maximum atomic E-state index is 10.2. The Morgan fingerprint density at radius 3 is 2.88 bits per heavy atom. The minimum atomic E-state index is 0.855. The van der Waals surface area contributed by atoms with Gasteiger partial charge < -0.3 is 10.0 Å². The van der Waals surface area contributed by atoms with E-state index in [1.54, 1.807) is 5.94 Å². The molecule has 2 rings (SSSR count). The molecular weight excluding hydrogens is 220 g/mol. The highest BCUT2D eigenvalue weighted by Crippen LogP contribution is 2.22. The van der Waals surface area contributed by atoms with Gasteiger partial charge in [0.05, 0.1) is 17.6 Å². The van der Waals surface area contributed by atoms with Crippen LogP contribution < -0.4 is 10.0 Å². The molecule has 0 atom stereocenters. The van der Waals surface area contributed by atoms with Gasteiger partial charge in [-0.05, 0) is 23.4 Å². The second-order valence-electron chi connectivity index (χ2n) is 3.08. The first-order valence-electron chi connectivity index (χ1n) is 4.75. The van der Waals surface area contributed by atoms with Crippen molar-refractivity contribution < 1.29 is 4.79 Å². The number of carbonyl (C=O) groups excluding carboxylic acids is 1. The van der Waals surface area contributed by atoms with E-state index >= 15 is 0 Å². The van der Waals surface area contributed by atoms with Gasteiger partial charge in [0, 0.05) is 5.56 Å². The SMILES string of the molecule is O=C=CNC1=C(c2ccccc2)NSC=C1. The van der Waals surface area contributed by atoms with Crippen molar-refractivity contribution in [3.8, 4) is 0 Å². The molecule has 2 N–H and O–H groups in total. The molecule has 0 fully saturated rings. The molecule has 0 spiro atoms. The van der Waals surface area contributed by atoms with Gasteiger partial charge in [0.25, 0.3) is 0 Å². The fourth-order valence-electron chi connectivity index (χ4n) is 1.38. The highest BCUT2D eigenvalue weighted by Gasteiger charge is 2.09. The van der Waals surface area contributed by atoms with Gasteiger partial charge in [-0.2, -0.15) is 0 Å². The van der Waals surface area contributed by atoms with Crippen LogP contribution in [0.15, 0.2) is 53.7 Å². The normalized spacial score (nSPS) is 14.0. The lowest BCUT2D eigenvalue weighted by Crippen LogP contribution is -2.15. The van der Waals surface area contributed by atoms with Crippen molar-refractivity contribution in [1.82, 2.24) is 10.0 Å². The van der Waals surface area contributed by atoms with E-state index in [1.165, 1.54) is 18.1 Å². The molecule has 0 unspecified atom stereocenters. The Bertz CT molecular complexity index is 473. The molecule has 80 valence electrons. The Kier molecular flexibility index (Phi) is 3.49. The number of hydrogen-bond acceptors (Lipinski definition) is 4. The molecule has 16 heavy (non-hydrogen) atoms. The van der Waals surface area contributed by atoms with Crippen molar-refractivity contribution in [1.29, 1.82) is 0 Å². The molecule has 0 saturated carbocycles. The van der Waals surface area contributed by atoms with Crippen LogP contribution in [0.3, 0.4) is 0 Å². The number of rotatable bonds is 3. The van der Waals surface area contributed by atoms with E-state index in [0.717, 1.165) is 17.0 Å². The molecule has 4 heteroatoms. The van der Waals surface area contributed by atoms with E-state index in [9.17, 15) is 4.79 Å². The van der Waals surface area contributed by atoms with Crippen LogP contribution in [0.1, 0.15) is 5.56 Å². The van der Waals surface area contributed by atoms with Gasteiger partial charge in [-0.1, -0.05) is 30.3 Å². The van der Waals surface area contributed by atoms with Crippen molar-refractivity contribution in [3.05, 3.63) is 59.3 Å². The van der Waals surface area contributed by atoms with Gasteiger partial charge >= 0.3 is 0 Å². The lowest BCUT2D eigenvalue weighted by molar-refractivity contribution is 0.568. The molecule has 0 radical (unpaired) electrons.